The lowest BCUT2D eigenvalue weighted by molar-refractivity contribution is 0.0947. The maximum Gasteiger partial charge on any atom is 0.251 e. The van der Waals surface area contributed by atoms with Gasteiger partial charge in [0.25, 0.3) is 5.91 Å². The van der Waals surface area contributed by atoms with E-state index in [-0.39, 0.29) is 5.91 Å². The van der Waals surface area contributed by atoms with Crippen molar-refractivity contribution >= 4 is 43.4 Å². The number of hydrogen-bond donors (Lipinski definition) is 1. The second-order valence-electron chi connectivity index (χ2n) is 4.57. The van der Waals surface area contributed by atoms with Gasteiger partial charge < -0.3 is 10.1 Å². The molecule has 2 aromatic carbocycles. The fourth-order valence-electron chi connectivity index (χ4n) is 1.99. The summed E-state index contributed by atoms with van der Waals surface area (Å²) in [5.41, 5.74) is 1.52. The number of para-hydroxylation sites is 1. The molecule has 0 spiro atoms. The third-order valence-electron chi connectivity index (χ3n) is 3.02. The number of carbonyl (C=O) groups is 1. The van der Waals surface area contributed by atoms with Gasteiger partial charge in [0.2, 0.25) is 0 Å². The van der Waals surface area contributed by atoms with E-state index in [1.54, 1.807) is 6.07 Å². The smallest absolute Gasteiger partial charge is 0.251 e. The molecule has 1 N–H and O–H groups in total. The van der Waals surface area contributed by atoms with Crippen LogP contribution in [0.2, 0.25) is 0 Å². The Balaban J connectivity index is 1.54. The fourth-order valence-corrected chi connectivity index (χ4v) is 3.43. The minimum absolute atomic E-state index is 0.108. The number of nitrogens with zero attached hydrogens (tertiary/aromatic N) is 1. The van der Waals surface area contributed by atoms with Crippen molar-refractivity contribution in [3.63, 3.8) is 0 Å². The second-order valence-corrected chi connectivity index (χ2v) is 6.87. The van der Waals surface area contributed by atoms with E-state index in [9.17, 15) is 4.79 Å². The van der Waals surface area contributed by atoms with E-state index in [0.717, 1.165) is 19.9 Å². The molecule has 22 heavy (non-hydrogen) atoms. The minimum Gasteiger partial charge on any atom is -0.492 e. The Bertz CT molecular complexity index is 789. The van der Waals surface area contributed by atoms with Crippen LogP contribution in [0.1, 0.15) is 10.4 Å². The Kier molecular flexibility index (Phi) is 4.70. The summed E-state index contributed by atoms with van der Waals surface area (Å²) in [4.78, 5) is 16.4. The second kappa shape index (κ2) is 6.89. The van der Waals surface area contributed by atoms with Crippen LogP contribution >= 0.6 is 27.3 Å². The van der Waals surface area contributed by atoms with Crippen molar-refractivity contribution in [3.05, 3.63) is 58.0 Å². The summed E-state index contributed by atoms with van der Waals surface area (Å²) in [6.45, 7) is 0.891. The molecular weight excluding hydrogens is 364 g/mol. The lowest BCUT2D eigenvalue weighted by Gasteiger charge is -2.07. The fraction of sp³-hybridized carbons (Fsp3) is 0.125. The molecule has 0 atom stereocenters. The average Bonchev–Trinajstić information content (AvgIpc) is 2.91. The number of amides is 1. The molecular formula is C16H13BrN2O2S. The van der Waals surface area contributed by atoms with Crippen molar-refractivity contribution in [2.75, 3.05) is 13.2 Å². The van der Waals surface area contributed by atoms with Crippen LogP contribution in [0, 0.1) is 0 Å². The van der Waals surface area contributed by atoms with E-state index >= 15 is 0 Å². The Morgan fingerprint density at radius 1 is 1.23 bits per heavy atom. The lowest BCUT2D eigenvalue weighted by atomic mass is 10.2. The van der Waals surface area contributed by atoms with Gasteiger partial charge in [0.05, 0.1) is 16.8 Å². The van der Waals surface area contributed by atoms with Crippen molar-refractivity contribution in [2.24, 2.45) is 0 Å². The summed E-state index contributed by atoms with van der Waals surface area (Å²) in [6.07, 6.45) is 0. The van der Waals surface area contributed by atoms with Crippen LogP contribution in [-0.4, -0.2) is 24.0 Å². The van der Waals surface area contributed by atoms with Gasteiger partial charge in [-0.25, -0.2) is 4.98 Å². The summed E-state index contributed by atoms with van der Waals surface area (Å²) in [5.74, 6) is 0.691. The molecule has 3 rings (SSSR count). The molecule has 112 valence electrons. The topological polar surface area (TPSA) is 51.2 Å². The molecule has 0 saturated heterocycles. The summed E-state index contributed by atoms with van der Waals surface area (Å²) in [6, 6.07) is 15.0. The largest absolute Gasteiger partial charge is 0.492 e. The predicted octanol–water partition coefficient (Wildman–Crippen LogP) is 3.87. The number of carbonyl (C=O) groups excluding carboxylic acids is 1. The average molecular weight is 377 g/mol. The highest BCUT2D eigenvalue weighted by atomic mass is 79.9. The van der Waals surface area contributed by atoms with Gasteiger partial charge in [-0.05, 0) is 46.3 Å². The molecule has 0 fully saturated rings. The monoisotopic (exact) mass is 376 g/mol. The molecule has 4 nitrogen and oxygen atoms in total. The molecule has 3 aromatic rings. The summed E-state index contributed by atoms with van der Waals surface area (Å²) in [7, 11) is 0. The van der Waals surface area contributed by atoms with Gasteiger partial charge in [0.1, 0.15) is 12.4 Å². The molecule has 0 aliphatic heterocycles. The number of halogens is 1. The lowest BCUT2D eigenvalue weighted by Crippen LogP contribution is -2.28. The molecule has 1 aromatic heterocycles. The van der Waals surface area contributed by atoms with Crippen molar-refractivity contribution in [1.82, 2.24) is 10.3 Å². The van der Waals surface area contributed by atoms with Crippen molar-refractivity contribution in [1.29, 1.82) is 0 Å². The maximum atomic E-state index is 12.1. The van der Waals surface area contributed by atoms with Gasteiger partial charge in [-0.2, -0.15) is 0 Å². The molecule has 0 unspecified atom stereocenters. The number of thiazole rings is 1. The van der Waals surface area contributed by atoms with Crippen LogP contribution in [0.25, 0.3) is 10.2 Å². The Labute approximate surface area is 140 Å². The number of aromatic nitrogens is 1. The Morgan fingerprint density at radius 2 is 2.05 bits per heavy atom. The van der Waals surface area contributed by atoms with Crippen molar-refractivity contribution < 1.29 is 9.53 Å². The quantitative estimate of drug-likeness (QED) is 0.687. The molecule has 1 heterocycles. The van der Waals surface area contributed by atoms with Gasteiger partial charge in [0, 0.05) is 5.56 Å². The molecule has 0 aliphatic carbocycles. The Hall–Kier alpha value is -1.92. The van der Waals surface area contributed by atoms with Gasteiger partial charge >= 0.3 is 0 Å². The van der Waals surface area contributed by atoms with Crippen molar-refractivity contribution in [3.8, 4) is 5.75 Å². The van der Waals surface area contributed by atoms with Crippen LogP contribution in [0.3, 0.4) is 0 Å². The van der Waals surface area contributed by atoms with Gasteiger partial charge in [-0.3, -0.25) is 4.79 Å². The van der Waals surface area contributed by atoms with Crippen LogP contribution in [-0.2, 0) is 0 Å². The molecule has 0 aliphatic rings. The number of nitrogens with one attached hydrogen (secondary N) is 1. The van der Waals surface area contributed by atoms with Crippen molar-refractivity contribution in [2.45, 2.75) is 0 Å². The highest BCUT2D eigenvalue weighted by molar-refractivity contribution is 9.11. The molecule has 1 amide bonds. The first kappa shape index (κ1) is 15.0. The third-order valence-corrected chi connectivity index (χ3v) is 4.49. The van der Waals surface area contributed by atoms with E-state index in [2.05, 4.69) is 26.2 Å². The zero-order valence-corrected chi connectivity index (χ0v) is 14.0. The molecule has 0 saturated carbocycles. The Morgan fingerprint density at radius 3 is 2.86 bits per heavy atom. The van der Waals surface area contributed by atoms with Gasteiger partial charge in [0.15, 0.2) is 3.92 Å². The first-order chi connectivity index (χ1) is 10.7. The summed E-state index contributed by atoms with van der Waals surface area (Å²) in [5, 5.41) is 2.85. The first-order valence-corrected chi connectivity index (χ1v) is 8.35. The SMILES string of the molecule is O=C(NCCOc1ccccc1)c1ccc2nc(Br)sc2c1. The minimum atomic E-state index is -0.108. The normalized spacial score (nSPS) is 10.6. The first-order valence-electron chi connectivity index (χ1n) is 6.74. The van der Waals surface area contributed by atoms with Crippen LogP contribution in [0.5, 0.6) is 5.75 Å². The van der Waals surface area contributed by atoms with Crippen LogP contribution in [0.4, 0.5) is 0 Å². The summed E-state index contributed by atoms with van der Waals surface area (Å²) < 4.78 is 7.34. The zero-order valence-electron chi connectivity index (χ0n) is 11.6. The number of fused-ring (bicyclic) bond motifs is 1. The standard InChI is InChI=1S/C16H13BrN2O2S/c17-16-19-13-7-6-11(10-14(13)22-16)15(20)18-8-9-21-12-4-2-1-3-5-12/h1-7,10H,8-9H2,(H,18,20). The zero-order chi connectivity index (χ0) is 15.4. The molecule has 0 radical (unpaired) electrons. The van der Waals surface area contributed by atoms with E-state index in [4.69, 9.17) is 4.74 Å². The van der Waals surface area contributed by atoms with E-state index in [0.29, 0.717) is 18.7 Å². The summed E-state index contributed by atoms with van der Waals surface area (Å²) >= 11 is 4.86. The number of rotatable bonds is 5. The van der Waals surface area contributed by atoms with E-state index in [1.165, 1.54) is 11.3 Å². The van der Waals surface area contributed by atoms with Gasteiger partial charge in [-0.1, -0.05) is 18.2 Å². The predicted molar refractivity (Wildman–Crippen MR) is 91.6 cm³/mol. The number of ether oxygens (including phenoxy) is 1. The molecule has 0 bridgehead atoms. The number of hydrogen-bond acceptors (Lipinski definition) is 4. The van der Waals surface area contributed by atoms with Gasteiger partial charge in [-0.15, -0.1) is 11.3 Å². The van der Waals surface area contributed by atoms with E-state index in [1.807, 2.05) is 42.5 Å². The van der Waals surface area contributed by atoms with Crippen LogP contribution in [0.15, 0.2) is 52.4 Å². The van der Waals surface area contributed by atoms with Crippen LogP contribution < -0.4 is 10.1 Å². The van der Waals surface area contributed by atoms with E-state index < -0.39 is 0 Å². The third kappa shape index (κ3) is 3.64. The highest BCUT2D eigenvalue weighted by Crippen LogP contribution is 2.26. The molecule has 6 heteroatoms. The number of benzene rings is 2. The maximum absolute atomic E-state index is 12.1. The highest BCUT2D eigenvalue weighted by Gasteiger charge is 2.08.